The van der Waals surface area contributed by atoms with Gasteiger partial charge >= 0.3 is 0 Å². The lowest BCUT2D eigenvalue weighted by molar-refractivity contribution is -0.00830. The van der Waals surface area contributed by atoms with Gasteiger partial charge in [0.15, 0.2) is 0 Å². The highest BCUT2D eigenvalue weighted by molar-refractivity contribution is 5.50. The molecule has 0 N–H and O–H groups in total. The van der Waals surface area contributed by atoms with Crippen molar-refractivity contribution in [2.75, 3.05) is 26.8 Å². The van der Waals surface area contributed by atoms with Crippen LogP contribution in [0.1, 0.15) is 18.7 Å². The van der Waals surface area contributed by atoms with Gasteiger partial charge in [-0.05, 0) is 19.9 Å². The van der Waals surface area contributed by atoms with Crippen LogP contribution in [0.3, 0.4) is 0 Å². The number of piperidine rings is 1. The van der Waals surface area contributed by atoms with E-state index in [2.05, 4.69) is 27.2 Å². The second kappa shape index (κ2) is 6.97. The van der Waals surface area contributed by atoms with E-state index in [1.54, 1.807) is 12.4 Å². The highest BCUT2D eigenvalue weighted by Gasteiger charge is 2.18. The summed E-state index contributed by atoms with van der Waals surface area (Å²) < 4.78 is 24.8. The number of nitrogens with zero attached hydrogens (tertiary/aromatic N) is 5. The monoisotopic (exact) mass is 309 g/mol. The van der Waals surface area contributed by atoms with E-state index in [-0.39, 0.29) is 12.6 Å². The minimum absolute atomic E-state index is 0.226. The fourth-order valence-electron chi connectivity index (χ4n) is 2.46. The Morgan fingerprint density at radius 3 is 3.00 bits per heavy atom. The molecule has 0 radical (unpaired) electrons. The molecule has 3 heterocycles. The second-order valence-electron chi connectivity index (χ2n) is 5.51. The summed E-state index contributed by atoms with van der Waals surface area (Å²) in [5, 5.41) is 7.95. The maximum absolute atomic E-state index is 12.3. The standard InChI is InChI=1S/C14H20FN5O2/c1-19-5-2-12(3-6-19)21-10-13-17-14(18-22-13)11-8-16-20(9-11)7-4-15/h8-9,12H,2-7,10H2,1H3. The molecule has 0 unspecified atom stereocenters. The minimum Gasteiger partial charge on any atom is -0.368 e. The molecule has 1 aliphatic rings. The van der Waals surface area contributed by atoms with Gasteiger partial charge in [0.25, 0.3) is 5.89 Å². The largest absolute Gasteiger partial charge is 0.368 e. The fraction of sp³-hybridized carbons (Fsp3) is 0.643. The molecule has 0 aromatic carbocycles. The van der Waals surface area contributed by atoms with Crippen molar-refractivity contribution in [1.29, 1.82) is 0 Å². The summed E-state index contributed by atoms with van der Waals surface area (Å²) in [6, 6.07) is 0. The first kappa shape index (κ1) is 15.1. The molecule has 0 atom stereocenters. The van der Waals surface area contributed by atoms with Crippen molar-refractivity contribution in [3.05, 3.63) is 18.3 Å². The third kappa shape index (κ3) is 3.69. The maximum Gasteiger partial charge on any atom is 0.252 e. The van der Waals surface area contributed by atoms with Gasteiger partial charge in [0, 0.05) is 19.3 Å². The van der Waals surface area contributed by atoms with Crippen LogP contribution in [0.25, 0.3) is 11.4 Å². The summed E-state index contributed by atoms with van der Waals surface area (Å²) in [5.41, 5.74) is 0.711. The topological polar surface area (TPSA) is 69.2 Å². The Bertz CT molecular complexity index is 592. The predicted molar refractivity (Wildman–Crippen MR) is 76.8 cm³/mol. The highest BCUT2D eigenvalue weighted by atomic mass is 19.1. The Labute approximate surface area is 128 Å². The van der Waals surface area contributed by atoms with Crippen LogP contribution in [0, 0.1) is 0 Å². The molecule has 0 aliphatic carbocycles. The summed E-state index contributed by atoms with van der Waals surface area (Å²) in [6.07, 6.45) is 5.59. The molecular formula is C14H20FN5O2. The minimum atomic E-state index is -0.455. The molecule has 0 bridgehead atoms. The predicted octanol–water partition coefficient (Wildman–Crippen LogP) is 1.51. The van der Waals surface area contributed by atoms with E-state index in [1.165, 1.54) is 4.68 Å². The van der Waals surface area contributed by atoms with Crippen molar-refractivity contribution in [2.45, 2.75) is 32.1 Å². The first-order valence-electron chi connectivity index (χ1n) is 7.46. The molecule has 1 aliphatic heterocycles. The van der Waals surface area contributed by atoms with Crippen molar-refractivity contribution >= 4 is 0 Å². The van der Waals surface area contributed by atoms with Gasteiger partial charge < -0.3 is 14.2 Å². The third-order valence-electron chi connectivity index (χ3n) is 3.78. The molecule has 1 saturated heterocycles. The molecular weight excluding hydrogens is 289 g/mol. The van der Waals surface area contributed by atoms with Crippen LogP contribution in [0.4, 0.5) is 4.39 Å². The van der Waals surface area contributed by atoms with Crippen LogP contribution in [-0.2, 0) is 17.9 Å². The van der Waals surface area contributed by atoms with Gasteiger partial charge in [-0.15, -0.1) is 0 Å². The van der Waals surface area contributed by atoms with Crippen molar-refractivity contribution < 1.29 is 13.7 Å². The average molecular weight is 309 g/mol. The SMILES string of the molecule is CN1CCC(OCc2nc(-c3cnn(CCF)c3)no2)CC1. The molecule has 2 aromatic rings. The summed E-state index contributed by atoms with van der Waals surface area (Å²) >= 11 is 0. The lowest BCUT2D eigenvalue weighted by atomic mass is 10.1. The summed E-state index contributed by atoms with van der Waals surface area (Å²) in [7, 11) is 2.11. The molecule has 0 amide bonds. The van der Waals surface area contributed by atoms with Gasteiger partial charge in [-0.25, -0.2) is 4.39 Å². The van der Waals surface area contributed by atoms with Crippen LogP contribution in [0.15, 0.2) is 16.9 Å². The van der Waals surface area contributed by atoms with Crippen LogP contribution in [0.2, 0.25) is 0 Å². The molecule has 0 saturated carbocycles. The van der Waals surface area contributed by atoms with Crippen LogP contribution in [-0.4, -0.2) is 57.7 Å². The van der Waals surface area contributed by atoms with E-state index in [9.17, 15) is 4.39 Å². The number of ether oxygens (including phenoxy) is 1. The molecule has 2 aromatic heterocycles. The second-order valence-corrected chi connectivity index (χ2v) is 5.51. The normalized spacial score (nSPS) is 17.2. The van der Waals surface area contributed by atoms with Gasteiger partial charge in [0.1, 0.15) is 13.3 Å². The maximum atomic E-state index is 12.3. The van der Waals surface area contributed by atoms with Crippen LogP contribution in [0.5, 0.6) is 0 Å². The lowest BCUT2D eigenvalue weighted by Gasteiger charge is -2.28. The number of halogens is 1. The molecule has 1 fully saturated rings. The van der Waals surface area contributed by atoms with E-state index in [4.69, 9.17) is 9.26 Å². The average Bonchev–Trinajstić information content (AvgIpc) is 3.16. The lowest BCUT2D eigenvalue weighted by Crippen LogP contribution is -2.34. The zero-order valence-corrected chi connectivity index (χ0v) is 12.6. The quantitative estimate of drug-likeness (QED) is 0.806. The summed E-state index contributed by atoms with van der Waals surface area (Å²) in [5.74, 6) is 0.902. The zero-order chi connectivity index (χ0) is 15.4. The van der Waals surface area contributed by atoms with Crippen molar-refractivity contribution in [3.8, 4) is 11.4 Å². The van der Waals surface area contributed by atoms with Crippen LogP contribution >= 0.6 is 0 Å². The van der Waals surface area contributed by atoms with E-state index >= 15 is 0 Å². The fourth-order valence-corrected chi connectivity index (χ4v) is 2.46. The smallest absolute Gasteiger partial charge is 0.252 e. The van der Waals surface area contributed by atoms with Crippen LogP contribution < -0.4 is 0 Å². The first-order valence-corrected chi connectivity index (χ1v) is 7.46. The third-order valence-corrected chi connectivity index (χ3v) is 3.78. The van der Waals surface area contributed by atoms with E-state index in [1.807, 2.05) is 0 Å². The van der Waals surface area contributed by atoms with E-state index < -0.39 is 6.67 Å². The van der Waals surface area contributed by atoms with Gasteiger partial charge in [-0.2, -0.15) is 10.1 Å². The Kier molecular flexibility index (Phi) is 4.79. The number of aryl methyl sites for hydroxylation is 1. The number of likely N-dealkylation sites (tertiary alicyclic amines) is 1. The molecule has 22 heavy (non-hydrogen) atoms. The molecule has 7 nitrogen and oxygen atoms in total. The molecule has 120 valence electrons. The van der Waals surface area contributed by atoms with Crippen molar-refractivity contribution in [3.63, 3.8) is 0 Å². The Balaban J connectivity index is 1.54. The highest BCUT2D eigenvalue weighted by Crippen LogP contribution is 2.17. The number of hydrogen-bond acceptors (Lipinski definition) is 6. The van der Waals surface area contributed by atoms with E-state index in [0.29, 0.717) is 23.9 Å². The van der Waals surface area contributed by atoms with Crippen molar-refractivity contribution in [2.24, 2.45) is 0 Å². The Hall–Kier alpha value is -1.80. The zero-order valence-electron chi connectivity index (χ0n) is 12.6. The molecule has 0 spiro atoms. The summed E-state index contributed by atoms with van der Waals surface area (Å²) in [6.45, 7) is 2.19. The van der Waals surface area contributed by atoms with Gasteiger partial charge in [0.05, 0.1) is 24.4 Å². The van der Waals surface area contributed by atoms with Gasteiger partial charge in [-0.3, -0.25) is 4.68 Å². The first-order chi connectivity index (χ1) is 10.7. The number of hydrogen-bond donors (Lipinski definition) is 0. The molecule has 3 rings (SSSR count). The molecule has 8 heteroatoms. The number of alkyl halides is 1. The Morgan fingerprint density at radius 2 is 2.23 bits per heavy atom. The van der Waals surface area contributed by atoms with Crippen molar-refractivity contribution in [1.82, 2.24) is 24.8 Å². The summed E-state index contributed by atoms with van der Waals surface area (Å²) in [4.78, 5) is 6.58. The number of aromatic nitrogens is 4. The Morgan fingerprint density at radius 1 is 1.41 bits per heavy atom. The number of rotatable bonds is 6. The van der Waals surface area contributed by atoms with E-state index in [0.717, 1.165) is 25.9 Å². The van der Waals surface area contributed by atoms with Gasteiger partial charge in [-0.1, -0.05) is 5.16 Å². The van der Waals surface area contributed by atoms with Gasteiger partial charge in [0.2, 0.25) is 5.82 Å².